The first kappa shape index (κ1) is 25.4. The Morgan fingerprint density at radius 3 is 2.38 bits per heavy atom. The summed E-state index contributed by atoms with van der Waals surface area (Å²) in [6, 6.07) is 0.281. The fourth-order valence-electron chi connectivity index (χ4n) is 2.68. The van der Waals surface area contributed by atoms with Crippen LogP contribution in [0.5, 0.6) is 0 Å². The standard InChI is InChI=1S/C16H31N3O5S.HI/c1-4-24-15(20)13-5-7-14(8-6-13)19-16(17-2)18-9-10-23-11-12-25(3,21)22;/h13-14H,4-12H2,1-3H3,(H2,17,18,19);1H. The van der Waals surface area contributed by atoms with Crippen molar-refractivity contribution in [1.82, 2.24) is 10.6 Å². The van der Waals surface area contributed by atoms with Gasteiger partial charge in [0.2, 0.25) is 0 Å². The fourth-order valence-corrected chi connectivity index (χ4v) is 3.10. The van der Waals surface area contributed by atoms with Crippen LogP contribution in [0.3, 0.4) is 0 Å². The van der Waals surface area contributed by atoms with Gasteiger partial charge in [-0.25, -0.2) is 8.42 Å². The van der Waals surface area contributed by atoms with Gasteiger partial charge in [-0.2, -0.15) is 0 Å². The number of rotatable bonds is 9. The number of sulfone groups is 1. The fraction of sp³-hybridized carbons (Fsp3) is 0.875. The summed E-state index contributed by atoms with van der Waals surface area (Å²) in [6.07, 6.45) is 4.63. The summed E-state index contributed by atoms with van der Waals surface area (Å²) in [5.74, 6) is 0.640. The Balaban J connectivity index is 0.00000625. The van der Waals surface area contributed by atoms with Gasteiger partial charge in [-0.1, -0.05) is 0 Å². The molecule has 26 heavy (non-hydrogen) atoms. The Kier molecular flexibility index (Phi) is 13.2. The molecule has 0 atom stereocenters. The van der Waals surface area contributed by atoms with Crippen LogP contribution in [0.15, 0.2) is 4.99 Å². The normalized spacial score (nSPS) is 20.8. The number of halogens is 1. The average molecular weight is 505 g/mol. The van der Waals surface area contributed by atoms with E-state index in [-0.39, 0.29) is 54.3 Å². The molecule has 0 aromatic rings. The van der Waals surface area contributed by atoms with Crippen molar-refractivity contribution >= 4 is 45.7 Å². The van der Waals surface area contributed by atoms with Crippen LogP contribution in [0.4, 0.5) is 0 Å². The molecule has 0 spiro atoms. The monoisotopic (exact) mass is 505 g/mol. The number of nitrogens with zero attached hydrogens (tertiary/aromatic N) is 1. The number of hydrogen-bond donors (Lipinski definition) is 2. The Bertz CT molecular complexity index is 534. The smallest absolute Gasteiger partial charge is 0.308 e. The van der Waals surface area contributed by atoms with Crippen LogP contribution in [0.2, 0.25) is 0 Å². The summed E-state index contributed by atoms with van der Waals surface area (Å²) in [5.41, 5.74) is 0. The van der Waals surface area contributed by atoms with E-state index in [9.17, 15) is 13.2 Å². The quantitative estimate of drug-likeness (QED) is 0.158. The van der Waals surface area contributed by atoms with Crippen molar-refractivity contribution in [3.63, 3.8) is 0 Å². The lowest BCUT2D eigenvalue weighted by molar-refractivity contribution is -0.149. The maximum Gasteiger partial charge on any atom is 0.308 e. The van der Waals surface area contributed by atoms with Crippen molar-refractivity contribution in [2.45, 2.75) is 38.6 Å². The summed E-state index contributed by atoms with van der Waals surface area (Å²) >= 11 is 0. The van der Waals surface area contributed by atoms with Gasteiger partial charge in [-0.15, -0.1) is 24.0 Å². The molecule has 10 heteroatoms. The molecule has 1 saturated carbocycles. The van der Waals surface area contributed by atoms with Crippen molar-refractivity contribution in [2.75, 3.05) is 45.4 Å². The van der Waals surface area contributed by atoms with E-state index in [0.717, 1.165) is 25.7 Å². The molecule has 0 bridgehead atoms. The first-order valence-electron chi connectivity index (χ1n) is 8.75. The van der Waals surface area contributed by atoms with Crippen LogP contribution < -0.4 is 10.6 Å². The first-order chi connectivity index (χ1) is 11.9. The number of aliphatic imine (C=N–C) groups is 1. The molecule has 1 fully saturated rings. The van der Waals surface area contributed by atoms with Gasteiger partial charge in [-0.3, -0.25) is 9.79 Å². The lowest BCUT2D eigenvalue weighted by Gasteiger charge is -2.29. The van der Waals surface area contributed by atoms with E-state index in [1.54, 1.807) is 7.05 Å². The largest absolute Gasteiger partial charge is 0.466 e. The van der Waals surface area contributed by atoms with Crippen molar-refractivity contribution in [3.05, 3.63) is 0 Å². The average Bonchev–Trinajstić information content (AvgIpc) is 2.56. The molecule has 1 aliphatic carbocycles. The van der Waals surface area contributed by atoms with Gasteiger partial charge in [0.15, 0.2) is 5.96 Å². The molecule has 0 aromatic heterocycles. The highest BCUT2D eigenvalue weighted by atomic mass is 127. The zero-order valence-electron chi connectivity index (χ0n) is 15.8. The molecule has 0 saturated heterocycles. The third-order valence-corrected chi connectivity index (χ3v) is 4.96. The minimum atomic E-state index is -2.98. The van der Waals surface area contributed by atoms with Gasteiger partial charge in [0, 0.05) is 25.9 Å². The van der Waals surface area contributed by atoms with Crippen LogP contribution in [-0.4, -0.2) is 71.8 Å². The van der Waals surface area contributed by atoms with E-state index in [1.165, 1.54) is 6.26 Å². The van der Waals surface area contributed by atoms with E-state index in [1.807, 2.05) is 6.92 Å². The number of carbonyl (C=O) groups is 1. The summed E-state index contributed by atoms with van der Waals surface area (Å²) in [7, 11) is -1.28. The SMILES string of the molecule is CCOC(=O)C1CCC(NC(=NC)NCCOCCS(C)(=O)=O)CC1.I. The number of hydrogen-bond acceptors (Lipinski definition) is 6. The lowest BCUT2D eigenvalue weighted by Crippen LogP contribution is -2.46. The molecule has 1 rings (SSSR count). The minimum absolute atomic E-state index is 0. The molecule has 1 aliphatic rings. The van der Waals surface area contributed by atoms with Crippen molar-refractivity contribution in [3.8, 4) is 0 Å². The molecule has 0 heterocycles. The zero-order valence-corrected chi connectivity index (χ0v) is 19.0. The highest BCUT2D eigenvalue weighted by Gasteiger charge is 2.27. The molecule has 8 nitrogen and oxygen atoms in total. The molecule has 0 unspecified atom stereocenters. The third-order valence-electron chi connectivity index (χ3n) is 4.05. The highest BCUT2D eigenvalue weighted by Crippen LogP contribution is 2.25. The van der Waals surface area contributed by atoms with Crippen molar-refractivity contribution in [1.29, 1.82) is 0 Å². The molecule has 0 aliphatic heterocycles. The van der Waals surface area contributed by atoms with Gasteiger partial charge < -0.3 is 20.1 Å². The molecular weight excluding hydrogens is 473 g/mol. The van der Waals surface area contributed by atoms with Gasteiger partial charge in [0.25, 0.3) is 0 Å². The summed E-state index contributed by atoms with van der Waals surface area (Å²) in [4.78, 5) is 15.9. The summed E-state index contributed by atoms with van der Waals surface area (Å²) in [6.45, 7) is 3.41. The molecule has 2 N–H and O–H groups in total. The van der Waals surface area contributed by atoms with Gasteiger partial charge in [0.1, 0.15) is 9.84 Å². The number of esters is 1. The maximum atomic E-state index is 11.7. The van der Waals surface area contributed by atoms with Gasteiger partial charge in [0.05, 0.1) is 31.5 Å². The second-order valence-electron chi connectivity index (χ2n) is 6.19. The second-order valence-corrected chi connectivity index (χ2v) is 8.45. The van der Waals surface area contributed by atoms with Crippen molar-refractivity contribution in [2.24, 2.45) is 10.9 Å². The van der Waals surface area contributed by atoms with Crippen LogP contribution in [0.1, 0.15) is 32.6 Å². The number of carbonyl (C=O) groups excluding carboxylic acids is 1. The summed E-state index contributed by atoms with van der Waals surface area (Å²) < 4.78 is 32.3. The van der Waals surface area contributed by atoms with Crippen LogP contribution >= 0.6 is 24.0 Å². The Morgan fingerprint density at radius 2 is 1.85 bits per heavy atom. The van der Waals surface area contributed by atoms with Gasteiger partial charge >= 0.3 is 5.97 Å². The van der Waals surface area contributed by atoms with Crippen LogP contribution in [0.25, 0.3) is 0 Å². The van der Waals surface area contributed by atoms with Crippen molar-refractivity contribution < 1.29 is 22.7 Å². The second kappa shape index (κ2) is 13.5. The number of ether oxygens (including phenoxy) is 2. The molecular formula is C16H32IN3O5S. The van der Waals surface area contributed by atoms with E-state index in [2.05, 4.69) is 15.6 Å². The van der Waals surface area contributed by atoms with E-state index < -0.39 is 9.84 Å². The lowest BCUT2D eigenvalue weighted by atomic mass is 9.86. The zero-order chi connectivity index (χ0) is 18.7. The highest BCUT2D eigenvalue weighted by molar-refractivity contribution is 14.0. The molecule has 0 radical (unpaired) electrons. The molecule has 0 amide bonds. The summed E-state index contributed by atoms with van der Waals surface area (Å²) in [5, 5.41) is 6.49. The van der Waals surface area contributed by atoms with E-state index in [0.29, 0.717) is 25.7 Å². The number of nitrogens with one attached hydrogen (secondary N) is 2. The Morgan fingerprint density at radius 1 is 1.19 bits per heavy atom. The number of guanidine groups is 1. The predicted octanol–water partition coefficient (Wildman–Crippen LogP) is 0.953. The minimum Gasteiger partial charge on any atom is -0.466 e. The van der Waals surface area contributed by atoms with E-state index in [4.69, 9.17) is 9.47 Å². The Hall–Kier alpha value is -0.620. The Labute approximate surface area is 173 Å². The van der Waals surface area contributed by atoms with Crippen LogP contribution in [-0.2, 0) is 24.1 Å². The topological polar surface area (TPSA) is 106 Å². The molecule has 0 aromatic carbocycles. The van der Waals surface area contributed by atoms with Gasteiger partial charge in [-0.05, 0) is 32.6 Å². The van der Waals surface area contributed by atoms with Crippen LogP contribution in [0, 0.1) is 5.92 Å². The predicted molar refractivity (Wildman–Crippen MR) is 113 cm³/mol. The maximum absolute atomic E-state index is 11.7. The third kappa shape index (κ3) is 11.2. The van der Waals surface area contributed by atoms with E-state index >= 15 is 0 Å². The first-order valence-corrected chi connectivity index (χ1v) is 10.8. The molecule has 154 valence electrons.